The van der Waals surface area contributed by atoms with Gasteiger partial charge in [0.2, 0.25) is 0 Å². The van der Waals surface area contributed by atoms with E-state index in [1.54, 1.807) is 0 Å². The van der Waals surface area contributed by atoms with Gasteiger partial charge in [0.15, 0.2) is 0 Å². The number of benzene rings is 1. The summed E-state index contributed by atoms with van der Waals surface area (Å²) in [5.41, 5.74) is 8.92. The van der Waals surface area contributed by atoms with Crippen LogP contribution in [0.25, 0.3) is 0 Å². The second-order valence-electron chi connectivity index (χ2n) is 6.48. The number of hydrogen-bond donors (Lipinski definition) is 1. The second kappa shape index (κ2) is 6.15. The lowest BCUT2D eigenvalue weighted by molar-refractivity contribution is 0.212. The van der Waals surface area contributed by atoms with E-state index in [2.05, 4.69) is 41.0 Å². The Balaban J connectivity index is 1.52. The molecule has 2 unspecified atom stereocenters. The van der Waals surface area contributed by atoms with Gasteiger partial charge in [0, 0.05) is 44.5 Å². The number of nitrogens with two attached hydrogens (primary N) is 1. The zero-order valence-corrected chi connectivity index (χ0v) is 12.6. The predicted molar refractivity (Wildman–Crippen MR) is 85.1 cm³/mol. The van der Waals surface area contributed by atoms with Crippen molar-refractivity contribution in [3.05, 3.63) is 29.8 Å². The van der Waals surface area contributed by atoms with Crippen molar-refractivity contribution in [1.82, 2.24) is 4.90 Å². The molecule has 2 atom stereocenters. The molecule has 0 radical (unpaired) electrons. The largest absolute Gasteiger partial charge is 0.369 e. The van der Waals surface area contributed by atoms with Crippen LogP contribution in [-0.2, 0) is 0 Å². The molecule has 1 aromatic rings. The average molecular weight is 273 g/mol. The van der Waals surface area contributed by atoms with E-state index in [1.165, 1.54) is 50.1 Å². The molecule has 20 heavy (non-hydrogen) atoms. The quantitative estimate of drug-likeness (QED) is 0.917. The van der Waals surface area contributed by atoms with Crippen molar-refractivity contribution >= 4 is 5.69 Å². The van der Waals surface area contributed by atoms with E-state index in [9.17, 15) is 0 Å². The summed E-state index contributed by atoms with van der Waals surface area (Å²) >= 11 is 0. The Morgan fingerprint density at radius 2 is 1.95 bits per heavy atom. The number of rotatable bonds is 3. The average Bonchev–Trinajstić information content (AvgIpc) is 2.85. The van der Waals surface area contributed by atoms with E-state index >= 15 is 0 Å². The standard InChI is InChI=1S/C17H27N3/c1-14-4-2-6-16(12-14)20-10-8-19(9-11-20)13-15-5-3-7-17(15)18/h2,4,6,12,15,17H,3,5,7-11,13,18H2,1H3. The van der Waals surface area contributed by atoms with Crippen LogP contribution in [0.3, 0.4) is 0 Å². The Labute approximate surface area is 122 Å². The van der Waals surface area contributed by atoms with E-state index in [0.717, 1.165) is 19.0 Å². The third-order valence-corrected chi connectivity index (χ3v) is 4.95. The molecule has 2 fully saturated rings. The fourth-order valence-electron chi connectivity index (χ4n) is 3.64. The molecule has 1 saturated carbocycles. The van der Waals surface area contributed by atoms with Crippen LogP contribution in [0.5, 0.6) is 0 Å². The first-order valence-corrected chi connectivity index (χ1v) is 8.02. The Kier molecular flexibility index (Phi) is 4.27. The third-order valence-electron chi connectivity index (χ3n) is 4.95. The van der Waals surface area contributed by atoms with Gasteiger partial charge in [-0.1, -0.05) is 18.6 Å². The van der Waals surface area contributed by atoms with Gasteiger partial charge in [0.1, 0.15) is 0 Å². The molecule has 110 valence electrons. The van der Waals surface area contributed by atoms with Gasteiger partial charge in [-0.15, -0.1) is 0 Å². The summed E-state index contributed by atoms with van der Waals surface area (Å²) in [7, 11) is 0. The Hall–Kier alpha value is -1.06. The van der Waals surface area contributed by atoms with E-state index in [4.69, 9.17) is 5.73 Å². The topological polar surface area (TPSA) is 32.5 Å². The summed E-state index contributed by atoms with van der Waals surface area (Å²) < 4.78 is 0. The third kappa shape index (κ3) is 3.15. The summed E-state index contributed by atoms with van der Waals surface area (Å²) in [5.74, 6) is 0.737. The molecular formula is C17H27N3. The first kappa shape index (κ1) is 13.9. The maximum Gasteiger partial charge on any atom is 0.0369 e. The van der Waals surface area contributed by atoms with E-state index in [0.29, 0.717) is 6.04 Å². The van der Waals surface area contributed by atoms with Crippen LogP contribution >= 0.6 is 0 Å². The molecule has 1 aromatic carbocycles. The fourth-order valence-corrected chi connectivity index (χ4v) is 3.64. The van der Waals surface area contributed by atoms with Crippen LogP contribution in [0.2, 0.25) is 0 Å². The number of piperazine rings is 1. The minimum Gasteiger partial charge on any atom is -0.369 e. The van der Waals surface area contributed by atoms with Gasteiger partial charge in [0.05, 0.1) is 0 Å². The highest BCUT2D eigenvalue weighted by atomic mass is 15.3. The molecule has 0 amide bonds. The van der Waals surface area contributed by atoms with Crippen LogP contribution in [0, 0.1) is 12.8 Å². The zero-order valence-electron chi connectivity index (χ0n) is 12.6. The van der Waals surface area contributed by atoms with Crippen molar-refractivity contribution in [1.29, 1.82) is 0 Å². The minimum atomic E-state index is 0.449. The maximum atomic E-state index is 6.19. The van der Waals surface area contributed by atoms with Crippen LogP contribution < -0.4 is 10.6 Å². The van der Waals surface area contributed by atoms with Crippen molar-refractivity contribution in [2.45, 2.75) is 32.2 Å². The van der Waals surface area contributed by atoms with Crippen LogP contribution in [0.4, 0.5) is 5.69 Å². The van der Waals surface area contributed by atoms with Crippen molar-refractivity contribution in [3.63, 3.8) is 0 Å². The normalized spacial score (nSPS) is 28.0. The van der Waals surface area contributed by atoms with Gasteiger partial charge in [-0.2, -0.15) is 0 Å². The summed E-state index contributed by atoms with van der Waals surface area (Å²) in [6, 6.07) is 9.30. The Morgan fingerprint density at radius 3 is 2.60 bits per heavy atom. The fraction of sp³-hybridized carbons (Fsp3) is 0.647. The molecule has 0 spiro atoms. The molecule has 1 aliphatic heterocycles. The van der Waals surface area contributed by atoms with E-state index in [-0.39, 0.29) is 0 Å². The van der Waals surface area contributed by atoms with E-state index in [1.807, 2.05) is 0 Å². The lowest BCUT2D eigenvalue weighted by Gasteiger charge is -2.37. The zero-order chi connectivity index (χ0) is 13.9. The number of anilines is 1. The first-order valence-electron chi connectivity index (χ1n) is 8.02. The number of nitrogens with zero attached hydrogens (tertiary/aromatic N) is 2. The lowest BCUT2D eigenvalue weighted by atomic mass is 10.0. The highest BCUT2D eigenvalue weighted by Gasteiger charge is 2.27. The van der Waals surface area contributed by atoms with Gasteiger partial charge >= 0.3 is 0 Å². The summed E-state index contributed by atoms with van der Waals surface area (Å²) in [6.07, 6.45) is 3.89. The molecule has 0 bridgehead atoms. The monoisotopic (exact) mass is 273 g/mol. The van der Waals surface area contributed by atoms with Crippen LogP contribution in [-0.4, -0.2) is 43.7 Å². The van der Waals surface area contributed by atoms with Gasteiger partial charge in [-0.05, 0) is 43.4 Å². The van der Waals surface area contributed by atoms with Gasteiger partial charge in [-0.3, -0.25) is 4.90 Å². The molecule has 3 rings (SSSR count). The van der Waals surface area contributed by atoms with Crippen molar-refractivity contribution in [2.75, 3.05) is 37.6 Å². The van der Waals surface area contributed by atoms with Crippen LogP contribution in [0.15, 0.2) is 24.3 Å². The van der Waals surface area contributed by atoms with Gasteiger partial charge in [0.25, 0.3) is 0 Å². The highest BCUT2D eigenvalue weighted by molar-refractivity contribution is 5.48. The smallest absolute Gasteiger partial charge is 0.0369 e. The van der Waals surface area contributed by atoms with Crippen molar-refractivity contribution in [2.24, 2.45) is 11.7 Å². The summed E-state index contributed by atoms with van der Waals surface area (Å²) in [4.78, 5) is 5.13. The van der Waals surface area contributed by atoms with Crippen LogP contribution in [0.1, 0.15) is 24.8 Å². The molecule has 3 heteroatoms. The lowest BCUT2D eigenvalue weighted by Crippen LogP contribution is -2.49. The minimum absolute atomic E-state index is 0.449. The van der Waals surface area contributed by atoms with Gasteiger partial charge < -0.3 is 10.6 Å². The molecule has 1 saturated heterocycles. The highest BCUT2D eigenvalue weighted by Crippen LogP contribution is 2.25. The van der Waals surface area contributed by atoms with Gasteiger partial charge in [-0.25, -0.2) is 0 Å². The first-order chi connectivity index (χ1) is 9.72. The molecule has 2 aliphatic rings. The molecule has 1 aliphatic carbocycles. The summed E-state index contributed by atoms with van der Waals surface area (Å²) in [5, 5.41) is 0. The molecule has 3 nitrogen and oxygen atoms in total. The number of hydrogen-bond acceptors (Lipinski definition) is 3. The molecular weight excluding hydrogens is 246 g/mol. The van der Waals surface area contributed by atoms with E-state index < -0.39 is 0 Å². The maximum absolute atomic E-state index is 6.19. The molecule has 1 heterocycles. The SMILES string of the molecule is Cc1cccc(N2CCN(CC3CCCC3N)CC2)c1. The second-order valence-corrected chi connectivity index (χ2v) is 6.48. The number of aryl methyl sites for hydroxylation is 1. The molecule has 0 aromatic heterocycles. The molecule has 2 N–H and O–H groups in total. The van der Waals surface area contributed by atoms with Crippen molar-refractivity contribution < 1.29 is 0 Å². The summed E-state index contributed by atoms with van der Waals surface area (Å²) in [6.45, 7) is 8.02. The Morgan fingerprint density at radius 1 is 1.15 bits per heavy atom. The Bertz CT molecular complexity index is 438. The predicted octanol–water partition coefficient (Wildman–Crippen LogP) is 2.24. The van der Waals surface area contributed by atoms with Crippen molar-refractivity contribution in [3.8, 4) is 0 Å².